The highest BCUT2D eigenvalue weighted by atomic mass is 32.2. The van der Waals surface area contributed by atoms with Crippen LogP contribution >= 0.6 is 0 Å². The Morgan fingerprint density at radius 2 is 1.69 bits per heavy atom. The number of hydrogen-bond acceptors (Lipinski definition) is 7. The summed E-state index contributed by atoms with van der Waals surface area (Å²) in [5, 5.41) is 10.4. The van der Waals surface area contributed by atoms with Crippen LogP contribution in [0.3, 0.4) is 0 Å². The summed E-state index contributed by atoms with van der Waals surface area (Å²) in [6.07, 6.45) is -0.483. The molecule has 3 aromatic rings. The molecule has 0 amide bonds. The predicted octanol–water partition coefficient (Wildman–Crippen LogP) is 2.06. The van der Waals surface area contributed by atoms with E-state index in [0.717, 1.165) is 18.2 Å². The second-order valence-electron chi connectivity index (χ2n) is 6.05. The Kier molecular flexibility index (Phi) is 5.22. The molecule has 0 aliphatic carbocycles. The topological polar surface area (TPSA) is 161 Å². The maximum Gasteiger partial charge on any atom is 0.341 e. The third kappa shape index (κ3) is 4.31. The predicted molar refractivity (Wildman–Crippen MR) is 104 cm³/mol. The maximum absolute atomic E-state index is 12.7. The summed E-state index contributed by atoms with van der Waals surface area (Å²) in [5.74, 6) is -1.37. The van der Waals surface area contributed by atoms with Gasteiger partial charge in [-0.3, -0.25) is 9.35 Å². The number of nitrogen functional groups attached to an aromatic ring is 1. The fraction of sp³-hybridized carbons (Fsp3) is 0.0556. The number of carbonyl (C=O) groups is 1. The van der Waals surface area contributed by atoms with Gasteiger partial charge >= 0.3 is 16.1 Å². The third-order valence-corrected chi connectivity index (χ3v) is 6.23. The van der Waals surface area contributed by atoms with Crippen LogP contribution in [0.25, 0.3) is 10.8 Å². The van der Waals surface area contributed by atoms with Crippen LogP contribution in [0.2, 0.25) is 0 Å². The summed E-state index contributed by atoms with van der Waals surface area (Å²) in [5.41, 5.74) is 5.34. The van der Waals surface area contributed by atoms with Gasteiger partial charge in [0, 0.05) is 5.56 Å². The molecule has 0 aromatic heterocycles. The Balaban J connectivity index is 2.09. The van der Waals surface area contributed by atoms with Crippen molar-refractivity contribution in [3.63, 3.8) is 0 Å². The summed E-state index contributed by atoms with van der Waals surface area (Å²) in [6.45, 7) is 0. The van der Waals surface area contributed by atoms with E-state index < -0.39 is 48.1 Å². The summed E-state index contributed by atoms with van der Waals surface area (Å²) in [7, 11) is -9.10. The quantitative estimate of drug-likeness (QED) is 0.298. The highest BCUT2D eigenvalue weighted by molar-refractivity contribution is 7.87. The van der Waals surface area contributed by atoms with E-state index in [9.17, 15) is 26.7 Å². The van der Waals surface area contributed by atoms with Crippen LogP contribution in [0.5, 0.6) is 5.75 Å². The average molecular weight is 437 g/mol. The zero-order valence-corrected chi connectivity index (χ0v) is 16.3. The molecular weight excluding hydrogens is 422 g/mol. The van der Waals surface area contributed by atoms with Crippen molar-refractivity contribution in [3.05, 3.63) is 60.2 Å². The van der Waals surface area contributed by atoms with Crippen molar-refractivity contribution in [2.45, 2.75) is 16.2 Å². The fourth-order valence-electron chi connectivity index (χ4n) is 2.81. The van der Waals surface area contributed by atoms with Crippen molar-refractivity contribution in [1.82, 2.24) is 0 Å². The number of anilines is 1. The zero-order chi connectivity index (χ0) is 21.4. The van der Waals surface area contributed by atoms with Gasteiger partial charge in [-0.2, -0.15) is 16.8 Å². The molecule has 4 N–H and O–H groups in total. The number of carboxylic acid groups (broad SMARTS) is 1. The summed E-state index contributed by atoms with van der Waals surface area (Å²) in [4.78, 5) is 10.2. The van der Waals surface area contributed by atoms with Gasteiger partial charge in [-0.1, -0.05) is 30.3 Å². The lowest BCUT2D eigenvalue weighted by Gasteiger charge is -2.14. The number of nitrogens with two attached hydrogens (primary N) is 1. The van der Waals surface area contributed by atoms with E-state index >= 15 is 0 Å². The van der Waals surface area contributed by atoms with Crippen molar-refractivity contribution in [3.8, 4) is 5.75 Å². The van der Waals surface area contributed by atoms with Crippen molar-refractivity contribution < 1.29 is 35.5 Å². The second kappa shape index (κ2) is 7.35. The first-order chi connectivity index (χ1) is 13.5. The van der Waals surface area contributed by atoms with Crippen molar-refractivity contribution in [2.75, 3.05) is 5.73 Å². The molecule has 0 atom stereocenters. The number of benzene rings is 3. The average Bonchev–Trinajstić information content (AvgIpc) is 2.62. The lowest BCUT2D eigenvalue weighted by Crippen LogP contribution is -2.14. The van der Waals surface area contributed by atoms with E-state index in [2.05, 4.69) is 0 Å². The highest BCUT2D eigenvalue weighted by Crippen LogP contribution is 2.32. The number of rotatable bonds is 6. The number of hydrogen-bond donors (Lipinski definition) is 3. The van der Waals surface area contributed by atoms with E-state index in [1.807, 2.05) is 0 Å². The molecule has 0 aliphatic heterocycles. The fourth-order valence-corrected chi connectivity index (χ4v) is 4.39. The highest BCUT2D eigenvalue weighted by Gasteiger charge is 2.24. The second-order valence-corrected chi connectivity index (χ2v) is 8.98. The van der Waals surface area contributed by atoms with E-state index in [4.69, 9.17) is 14.5 Å². The van der Waals surface area contributed by atoms with Gasteiger partial charge in [0.15, 0.2) is 0 Å². The van der Waals surface area contributed by atoms with Crippen LogP contribution in [0.4, 0.5) is 5.69 Å². The smallest absolute Gasteiger partial charge is 0.341 e. The largest absolute Gasteiger partial charge is 0.481 e. The number of fused-ring (bicyclic) bond motifs is 1. The molecule has 29 heavy (non-hydrogen) atoms. The van der Waals surface area contributed by atoms with Crippen LogP contribution in [-0.2, 0) is 31.5 Å². The van der Waals surface area contributed by atoms with E-state index in [1.165, 1.54) is 6.07 Å². The number of aliphatic carboxylic acids is 1. The minimum absolute atomic E-state index is 0.160. The van der Waals surface area contributed by atoms with Crippen molar-refractivity contribution >= 4 is 42.7 Å². The van der Waals surface area contributed by atoms with E-state index in [-0.39, 0.29) is 11.3 Å². The molecule has 3 rings (SSSR count). The summed E-state index contributed by atoms with van der Waals surface area (Å²) >= 11 is 0. The first kappa shape index (κ1) is 20.6. The van der Waals surface area contributed by atoms with Crippen LogP contribution in [0.1, 0.15) is 5.56 Å². The van der Waals surface area contributed by atoms with Gasteiger partial charge in [0.05, 0.1) is 17.0 Å². The Morgan fingerprint density at radius 1 is 1.00 bits per heavy atom. The molecule has 152 valence electrons. The summed E-state index contributed by atoms with van der Waals surface area (Å²) < 4.78 is 61.9. The lowest BCUT2D eigenvalue weighted by molar-refractivity contribution is -0.136. The molecule has 9 nitrogen and oxygen atoms in total. The Hall–Kier alpha value is -3.15. The van der Waals surface area contributed by atoms with Gasteiger partial charge in [0.2, 0.25) is 0 Å². The summed E-state index contributed by atoms with van der Waals surface area (Å²) in [6, 6.07) is 12.3. The molecule has 0 bridgehead atoms. The van der Waals surface area contributed by atoms with Gasteiger partial charge in [0.1, 0.15) is 10.6 Å². The molecule has 0 heterocycles. The van der Waals surface area contributed by atoms with Crippen LogP contribution < -0.4 is 9.92 Å². The molecule has 0 spiro atoms. The van der Waals surface area contributed by atoms with Gasteiger partial charge in [-0.25, -0.2) is 0 Å². The zero-order valence-electron chi connectivity index (χ0n) is 14.6. The van der Waals surface area contributed by atoms with Crippen molar-refractivity contribution in [1.29, 1.82) is 0 Å². The van der Waals surface area contributed by atoms with Gasteiger partial charge in [-0.15, -0.1) is 0 Å². The molecule has 0 saturated carbocycles. The standard InChI is InChI=1S/C18H15NO8S2/c19-15-9-12(28(22,23)24)6-8-17(15)29(25,26)27-16-7-5-11-3-1-2-4-13(11)14(16)10-18(20)21/h1-9H,10,19H2,(H,20,21)(H,22,23,24). The molecule has 0 aliphatic rings. The maximum atomic E-state index is 12.7. The Bertz CT molecular complexity index is 1330. The van der Waals surface area contributed by atoms with Gasteiger partial charge in [-0.05, 0) is 35.0 Å². The van der Waals surface area contributed by atoms with Gasteiger partial charge in [0.25, 0.3) is 10.1 Å². The molecule has 0 unspecified atom stereocenters. The minimum Gasteiger partial charge on any atom is -0.481 e. The van der Waals surface area contributed by atoms with E-state index in [0.29, 0.717) is 10.8 Å². The molecule has 0 fully saturated rings. The molecule has 0 radical (unpaired) electrons. The Morgan fingerprint density at radius 3 is 2.31 bits per heavy atom. The lowest BCUT2D eigenvalue weighted by atomic mass is 10.0. The molecule has 3 aromatic carbocycles. The monoisotopic (exact) mass is 437 g/mol. The van der Waals surface area contributed by atoms with Crippen LogP contribution in [-0.4, -0.2) is 32.5 Å². The SMILES string of the molecule is Nc1cc(S(=O)(=O)O)ccc1S(=O)(=O)Oc1ccc2ccccc2c1CC(=O)O. The first-order valence-corrected chi connectivity index (χ1v) is 10.9. The van der Waals surface area contributed by atoms with Crippen LogP contribution in [0.15, 0.2) is 64.4 Å². The molecule has 0 saturated heterocycles. The van der Waals surface area contributed by atoms with Gasteiger partial charge < -0.3 is 15.0 Å². The third-order valence-electron chi connectivity index (χ3n) is 4.07. The molecule has 11 heteroatoms. The molecular formula is C18H15NO8S2. The van der Waals surface area contributed by atoms with Crippen LogP contribution in [0, 0.1) is 0 Å². The van der Waals surface area contributed by atoms with E-state index in [1.54, 1.807) is 30.3 Å². The normalized spacial score (nSPS) is 12.0. The minimum atomic E-state index is -4.57. The number of carboxylic acids is 1. The van der Waals surface area contributed by atoms with Crippen molar-refractivity contribution in [2.24, 2.45) is 0 Å². The Labute approximate surface area is 166 Å². The first-order valence-electron chi connectivity index (χ1n) is 8.03.